The van der Waals surface area contributed by atoms with Crippen LogP contribution in [0.25, 0.3) is 6.08 Å². The summed E-state index contributed by atoms with van der Waals surface area (Å²) in [5, 5.41) is 14.3. The Kier molecular flexibility index (Phi) is 14.2. The van der Waals surface area contributed by atoms with E-state index in [1.54, 1.807) is 41.5 Å². The third-order valence-electron chi connectivity index (χ3n) is 12.3. The highest BCUT2D eigenvalue weighted by Gasteiger charge is 2.61. The van der Waals surface area contributed by atoms with Crippen LogP contribution in [0.1, 0.15) is 80.2 Å². The number of rotatable bonds is 7. The molecule has 0 spiro atoms. The number of ketones is 2. The number of carbonyl (C=O) groups is 5. The molecule has 320 valence electrons. The average Bonchev–Trinajstić information content (AvgIpc) is 3.43. The highest BCUT2D eigenvalue weighted by atomic mass is 16.7. The van der Waals surface area contributed by atoms with Crippen molar-refractivity contribution in [3.63, 3.8) is 0 Å². The van der Waals surface area contributed by atoms with Gasteiger partial charge in [0, 0.05) is 23.8 Å². The fourth-order valence-corrected chi connectivity index (χ4v) is 9.26. The van der Waals surface area contributed by atoms with E-state index >= 15 is 0 Å². The van der Waals surface area contributed by atoms with E-state index in [0.717, 1.165) is 5.56 Å². The first-order valence-electron chi connectivity index (χ1n) is 20.4. The normalized spacial score (nSPS) is 38.9. The first-order chi connectivity index (χ1) is 27.3. The van der Waals surface area contributed by atoms with Crippen molar-refractivity contribution in [1.29, 1.82) is 0 Å². The van der Waals surface area contributed by atoms with E-state index in [2.05, 4.69) is 5.32 Å². The van der Waals surface area contributed by atoms with Gasteiger partial charge in [-0.15, -0.1) is 0 Å². The summed E-state index contributed by atoms with van der Waals surface area (Å²) >= 11 is 0. The molecule has 0 radical (unpaired) electrons. The molecule has 13 atom stereocenters. The molecule has 2 amide bonds. The monoisotopic (exact) mass is 810 g/mol. The fraction of sp³-hybridized carbons (Fsp3) is 0.674. The number of esters is 1. The second-order valence-electron chi connectivity index (χ2n) is 17.1. The highest BCUT2D eigenvalue weighted by molar-refractivity contribution is 6.00. The largest absolute Gasteiger partial charge is 0.458 e. The van der Waals surface area contributed by atoms with Gasteiger partial charge >= 0.3 is 18.2 Å². The van der Waals surface area contributed by atoms with Crippen molar-refractivity contribution >= 4 is 41.5 Å². The van der Waals surface area contributed by atoms with Gasteiger partial charge in [-0.2, -0.15) is 0 Å². The molecule has 0 aliphatic carbocycles. The Morgan fingerprint density at radius 3 is 2.34 bits per heavy atom. The lowest BCUT2D eigenvalue weighted by Gasteiger charge is -2.47. The predicted octanol–water partition coefficient (Wildman–Crippen LogP) is 4.44. The zero-order valence-electron chi connectivity index (χ0n) is 35.5. The number of carbonyl (C=O) groups excluding carboxylic acids is 5. The van der Waals surface area contributed by atoms with Crippen LogP contribution in [0.2, 0.25) is 0 Å². The van der Waals surface area contributed by atoms with E-state index in [1.807, 2.05) is 68.4 Å². The maximum absolute atomic E-state index is 14.8. The van der Waals surface area contributed by atoms with Crippen LogP contribution in [0.4, 0.5) is 9.59 Å². The van der Waals surface area contributed by atoms with Gasteiger partial charge < -0.3 is 39.0 Å². The molecule has 15 nitrogen and oxygen atoms in total. The van der Waals surface area contributed by atoms with Gasteiger partial charge in [-0.3, -0.25) is 24.3 Å². The number of likely N-dealkylation sites (N-methyl/N-ethyl adjacent to an activating group) is 1. The smallest absolute Gasteiger partial charge is 0.411 e. The van der Waals surface area contributed by atoms with Crippen molar-refractivity contribution in [2.45, 2.75) is 129 Å². The molecule has 5 rings (SSSR count). The van der Waals surface area contributed by atoms with Crippen LogP contribution in [-0.2, 0) is 38.1 Å². The lowest BCUT2D eigenvalue weighted by atomic mass is 9.73. The quantitative estimate of drug-likeness (QED) is 0.225. The number of hydrogen-bond donors (Lipinski definition) is 2. The molecule has 15 heteroatoms. The molecule has 4 saturated heterocycles. The number of aliphatic hydroxyl groups excluding tert-OH is 1. The summed E-state index contributed by atoms with van der Waals surface area (Å²) in [6.45, 7) is 13.2. The summed E-state index contributed by atoms with van der Waals surface area (Å²) in [6.07, 6.45) is -2.45. The van der Waals surface area contributed by atoms with E-state index in [4.69, 9.17) is 28.7 Å². The number of nitrogens with one attached hydrogen (secondary N) is 1. The minimum atomic E-state index is -1.72. The van der Waals surface area contributed by atoms with Crippen LogP contribution in [0.15, 0.2) is 41.4 Å². The number of aliphatic hydroxyl groups is 1. The minimum Gasteiger partial charge on any atom is -0.458 e. The Hall–Kier alpha value is -4.18. The standard InChI is InChI=1S/C43H62N4O11/c1-11-32-43(8)36-26(4)33(48)24(2)21-42(7,37(27(5)34(49)28(6)38(51)55-32)56-39-35(50)31(46(9)10)20-25(3)54-39)57-40(52)45-22-30(23-47(36)41(53)58-43)44-19-15-18-29-16-13-12-14-17-29/h12-18,24-28,31-32,35-37,39,50H,11,19-23H2,1-10H3,(H,45,52)/b18-15+,44-30?/t24-,25-,26+,27+,28-,31+,32-,35-,36+,37-,39+,42-,43-/m1/s1. The molecule has 2 N–H and O–H groups in total. The number of amides is 2. The fourth-order valence-electron chi connectivity index (χ4n) is 9.26. The number of fused-ring (bicyclic) bond motifs is 4. The molecule has 0 unspecified atom stereocenters. The van der Waals surface area contributed by atoms with Crippen molar-refractivity contribution in [1.82, 2.24) is 15.1 Å². The van der Waals surface area contributed by atoms with Gasteiger partial charge in [-0.25, -0.2) is 9.59 Å². The van der Waals surface area contributed by atoms with Gasteiger partial charge in [0.1, 0.15) is 35.6 Å². The molecule has 4 aliphatic heterocycles. The minimum absolute atomic E-state index is 0.119. The SMILES string of the molecule is CC[C@H]1OC(=O)[C@H](C)C(=O)[C@H](C)[C@@H](O[C@@H]2O[C@H](C)C[C@H](N(C)C)[C@H]2O)[C@@]2(C)C[C@@H](C)C(=O)[C@H](C)[C@@H]3N(CC(=NC/C=C/c4ccccc4)CNC(=O)O2)C(=O)O[C@@]31C. The molecule has 0 saturated carbocycles. The molecule has 58 heavy (non-hydrogen) atoms. The molecule has 4 heterocycles. The lowest BCUT2D eigenvalue weighted by molar-refractivity contribution is -0.292. The average molecular weight is 811 g/mol. The van der Waals surface area contributed by atoms with Crippen molar-refractivity contribution in [2.24, 2.45) is 28.7 Å². The van der Waals surface area contributed by atoms with Crippen molar-refractivity contribution in [3.05, 3.63) is 42.0 Å². The number of alkyl carbamates (subject to hydrolysis) is 1. The summed E-state index contributed by atoms with van der Waals surface area (Å²) in [5.74, 6) is -5.90. The second-order valence-corrected chi connectivity index (χ2v) is 17.1. The van der Waals surface area contributed by atoms with Crippen LogP contribution < -0.4 is 5.32 Å². The van der Waals surface area contributed by atoms with Gasteiger partial charge in [-0.1, -0.05) is 70.2 Å². The first-order valence-corrected chi connectivity index (χ1v) is 20.4. The van der Waals surface area contributed by atoms with E-state index in [-0.39, 0.29) is 50.4 Å². The zero-order chi connectivity index (χ0) is 42.7. The van der Waals surface area contributed by atoms with Crippen LogP contribution in [0.3, 0.4) is 0 Å². The van der Waals surface area contributed by atoms with Crippen molar-refractivity contribution < 1.29 is 52.8 Å². The first kappa shape index (κ1) is 44.9. The molecule has 4 fully saturated rings. The molecular formula is C43H62N4O11. The van der Waals surface area contributed by atoms with E-state index in [0.29, 0.717) is 12.1 Å². The van der Waals surface area contributed by atoms with E-state index < -0.39 is 89.5 Å². The Morgan fingerprint density at radius 2 is 1.69 bits per heavy atom. The van der Waals surface area contributed by atoms with Crippen molar-refractivity contribution in [2.75, 3.05) is 33.7 Å². The molecule has 2 bridgehead atoms. The van der Waals surface area contributed by atoms with Gasteiger partial charge in [0.25, 0.3) is 0 Å². The third kappa shape index (κ3) is 9.48. The zero-order valence-corrected chi connectivity index (χ0v) is 35.5. The predicted molar refractivity (Wildman–Crippen MR) is 215 cm³/mol. The molecule has 0 aromatic heterocycles. The van der Waals surface area contributed by atoms with E-state index in [1.165, 1.54) is 11.8 Å². The van der Waals surface area contributed by atoms with Crippen LogP contribution >= 0.6 is 0 Å². The summed E-state index contributed by atoms with van der Waals surface area (Å²) in [5.41, 5.74) is -1.89. The summed E-state index contributed by atoms with van der Waals surface area (Å²) in [7, 11) is 3.66. The van der Waals surface area contributed by atoms with Gasteiger partial charge in [-0.05, 0) is 66.6 Å². The molecule has 1 aromatic carbocycles. The van der Waals surface area contributed by atoms with Crippen LogP contribution in [0, 0.1) is 23.7 Å². The number of cyclic esters (lactones) is 1. The number of aliphatic imine (C=N–C) groups is 1. The highest BCUT2D eigenvalue weighted by Crippen LogP contribution is 2.43. The van der Waals surface area contributed by atoms with Gasteiger partial charge in [0.2, 0.25) is 0 Å². The Balaban J connectivity index is 1.66. The summed E-state index contributed by atoms with van der Waals surface area (Å²) in [4.78, 5) is 79.2. The maximum Gasteiger partial charge on any atom is 0.411 e. The van der Waals surface area contributed by atoms with Gasteiger partial charge in [0.15, 0.2) is 17.7 Å². The maximum atomic E-state index is 14.8. The van der Waals surface area contributed by atoms with Crippen LogP contribution in [-0.4, -0.2) is 138 Å². The summed E-state index contributed by atoms with van der Waals surface area (Å²) in [6, 6.07) is 8.34. The van der Waals surface area contributed by atoms with E-state index in [9.17, 15) is 29.1 Å². The second kappa shape index (κ2) is 18.4. The topological polar surface area (TPSA) is 183 Å². The number of hydrogen-bond acceptors (Lipinski definition) is 13. The number of nitrogens with zero attached hydrogens (tertiary/aromatic N) is 3. The van der Waals surface area contributed by atoms with Gasteiger partial charge in [0.05, 0.1) is 37.5 Å². The third-order valence-corrected chi connectivity index (χ3v) is 12.3. The molecular weight excluding hydrogens is 748 g/mol. The Labute approximate surface area is 341 Å². The summed E-state index contributed by atoms with van der Waals surface area (Å²) < 4.78 is 31.3. The number of benzene rings is 1. The molecule has 1 aromatic rings. The molecule has 4 aliphatic rings. The Bertz CT molecular complexity index is 1740. The Morgan fingerprint density at radius 1 is 1.00 bits per heavy atom. The number of Topliss-reactive ketones (excluding diaryl/α,β-unsaturated/α-hetero) is 2. The number of ether oxygens (including phenoxy) is 5. The van der Waals surface area contributed by atoms with Crippen LogP contribution in [0.5, 0.6) is 0 Å². The lowest BCUT2D eigenvalue weighted by Crippen LogP contribution is -2.60. The van der Waals surface area contributed by atoms with Crippen molar-refractivity contribution in [3.8, 4) is 0 Å².